The van der Waals surface area contributed by atoms with Crippen molar-refractivity contribution in [3.8, 4) is 5.13 Å². The van der Waals surface area contributed by atoms with Gasteiger partial charge < -0.3 is 9.64 Å². The van der Waals surface area contributed by atoms with E-state index in [1.807, 2.05) is 22.1 Å². The molecule has 1 aliphatic heterocycles. The Morgan fingerprint density at radius 2 is 2.10 bits per heavy atom. The zero-order chi connectivity index (χ0) is 20.3. The number of hydrogen-bond donors (Lipinski definition) is 1. The summed E-state index contributed by atoms with van der Waals surface area (Å²) in [5.74, 6) is 1.18. The van der Waals surface area contributed by atoms with Crippen LogP contribution in [0.4, 0.5) is 11.8 Å². The fourth-order valence-electron chi connectivity index (χ4n) is 3.26. The number of morpholine rings is 1. The summed E-state index contributed by atoms with van der Waals surface area (Å²) in [5.41, 5.74) is 6.58. The number of fused-ring (bicyclic) bond motifs is 1. The number of thiazole rings is 1. The molecule has 1 aliphatic rings. The smallest absolute Gasteiger partial charge is 0.229 e. The largest absolute Gasteiger partial charge is 0.378 e. The molecule has 3 aromatic heterocycles. The highest BCUT2D eigenvalue weighted by molar-refractivity contribution is 7.12. The fraction of sp³-hybridized carbons (Fsp3) is 0.250. The molecule has 0 atom stereocenters. The van der Waals surface area contributed by atoms with Crippen LogP contribution in [0.5, 0.6) is 0 Å². The Morgan fingerprint density at radius 1 is 1.20 bits per heavy atom. The van der Waals surface area contributed by atoms with Gasteiger partial charge in [0.05, 0.1) is 19.4 Å². The van der Waals surface area contributed by atoms with Gasteiger partial charge in [-0.15, -0.1) is 11.3 Å². The topological polar surface area (TPSA) is 93.4 Å². The Morgan fingerprint density at radius 3 is 2.90 bits per heavy atom. The monoisotopic (exact) mass is 420 g/mol. The maximum atomic E-state index is 5.47. The van der Waals surface area contributed by atoms with Gasteiger partial charge in [-0.05, 0) is 12.5 Å². The SMILES string of the molecule is Cc1cccc(C=NNc2nc(N3CCOCC3)nc3c2ncn3-c2nccs2)c1. The van der Waals surface area contributed by atoms with Crippen molar-refractivity contribution in [3.63, 3.8) is 0 Å². The minimum Gasteiger partial charge on any atom is -0.378 e. The number of nitrogens with zero attached hydrogens (tertiary/aromatic N) is 7. The van der Waals surface area contributed by atoms with E-state index in [0.29, 0.717) is 36.1 Å². The summed E-state index contributed by atoms with van der Waals surface area (Å²) in [5, 5.41) is 7.12. The highest BCUT2D eigenvalue weighted by Crippen LogP contribution is 2.26. The molecule has 0 bridgehead atoms. The van der Waals surface area contributed by atoms with Crippen LogP contribution in [0.25, 0.3) is 16.3 Å². The molecule has 0 saturated carbocycles. The minimum absolute atomic E-state index is 0.556. The van der Waals surface area contributed by atoms with Gasteiger partial charge >= 0.3 is 0 Å². The summed E-state index contributed by atoms with van der Waals surface area (Å²) in [4.78, 5) is 20.5. The van der Waals surface area contributed by atoms with Crippen LogP contribution in [0.1, 0.15) is 11.1 Å². The van der Waals surface area contributed by atoms with Gasteiger partial charge in [-0.2, -0.15) is 15.1 Å². The predicted octanol–water partition coefficient (Wildman–Crippen LogP) is 2.86. The number of ether oxygens (including phenoxy) is 1. The summed E-state index contributed by atoms with van der Waals surface area (Å²) in [6.07, 6.45) is 5.26. The number of imidazole rings is 1. The van der Waals surface area contributed by atoms with Gasteiger partial charge in [0, 0.05) is 24.7 Å². The second-order valence-corrected chi connectivity index (χ2v) is 7.73. The Labute approximate surface area is 177 Å². The molecule has 0 radical (unpaired) electrons. The van der Waals surface area contributed by atoms with Crippen LogP contribution in [0.2, 0.25) is 0 Å². The van der Waals surface area contributed by atoms with Crippen molar-refractivity contribution >= 4 is 40.5 Å². The zero-order valence-electron chi connectivity index (χ0n) is 16.4. The van der Waals surface area contributed by atoms with Crippen LogP contribution in [0.15, 0.2) is 47.3 Å². The summed E-state index contributed by atoms with van der Waals surface area (Å²) in [7, 11) is 0. The molecule has 1 saturated heterocycles. The summed E-state index contributed by atoms with van der Waals surface area (Å²) in [6.45, 7) is 4.84. The number of hydrazone groups is 1. The molecule has 30 heavy (non-hydrogen) atoms. The highest BCUT2D eigenvalue weighted by Gasteiger charge is 2.20. The van der Waals surface area contributed by atoms with Gasteiger partial charge in [0.2, 0.25) is 5.95 Å². The number of rotatable bonds is 5. The quantitative estimate of drug-likeness (QED) is 0.392. The van der Waals surface area contributed by atoms with Crippen molar-refractivity contribution in [1.82, 2.24) is 24.5 Å². The molecule has 0 spiro atoms. The average Bonchev–Trinajstić information content (AvgIpc) is 3.44. The predicted molar refractivity (Wildman–Crippen MR) is 118 cm³/mol. The number of aryl methyl sites for hydroxylation is 1. The number of hydrogen-bond acceptors (Lipinski definition) is 9. The molecular weight excluding hydrogens is 400 g/mol. The van der Waals surface area contributed by atoms with Crippen molar-refractivity contribution in [2.75, 3.05) is 36.6 Å². The molecule has 1 fully saturated rings. The molecule has 9 nitrogen and oxygen atoms in total. The molecule has 4 aromatic rings. The molecule has 1 aromatic carbocycles. The first-order chi connectivity index (χ1) is 14.8. The molecule has 0 unspecified atom stereocenters. The van der Waals surface area contributed by atoms with Crippen LogP contribution in [0, 0.1) is 6.92 Å². The zero-order valence-corrected chi connectivity index (χ0v) is 17.2. The van der Waals surface area contributed by atoms with E-state index in [0.717, 1.165) is 23.8 Å². The Balaban J connectivity index is 1.53. The van der Waals surface area contributed by atoms with Gasteiger partial charge in [-0.25, -0.2) is 9.97 Å². The lowest BCUT2D eigenvalue weighted by Crippen LogP contribution is -2.37. The van der Waals surface area contributed by atoms with Gasteiger partial charge in [-0.3, -0.25) is 9.99 Å². The maximum absolute atomic E-state index is 5.47. The molecular formula is C20H20N8OS. The van der Waals surface area contributed by atoms with Crippen molar-refractivity contribution in [3.05, 3.63) is 53.3 Å². The van der Waals surface area contributed by atoms with E-state index in [4.69, 9.17) is 14.7 Å². The van der Waals surface area contributed by atoms with Gasteiger partial charge in [0.15, 0.2) is 22.1 Å². The highest BCUT2D eigenvalue weighted by atomic mass is 32.1. The first kappa shape index (κ1) is 18.6. The van der Waals surface area contributed by atoms with E-state index in [1.165, 1.54) is 16.9 Å². The first-order valence-corrected chi connectivity index (χ1v) is 10.5. The standard InChI is InChI=1S/C20H20N8OS/c1-14-3-2-4-15(11-14)12-23-26-17-16-18(28(13-22-16)20-21-5-10-30-20)25-19(24-17)27-6-8-29-9-7-27/h2-5,10-13H,6-9H2,1H3,(H,24,25,26). The van der Waals surface area contributed by atoms with E-state index in [2.05, 4.69) is 44.5 Å². The molecule has 5 rings (SSSR count). The second kappa shape index (κ2) is 8.17. The average molecular weight is 421 g/mol. The van der Waals surface area contributed by atoms with Crippen LogP contribution < -0.4 is 10.3 Å². The summed E-state index contributed by atoms with van der Waals surface area (Å²) >= 11 is 1.53. The van der Waals surface area contributed by atoms with Crippen molar-refractivity contribution in [2.24, 2.45) is 5.10 Å². The number of anilines is 2. The first-order valence-electron chi connectivity index (χ1n) is 9.61. The van der Waals surface area contributed by atoms with Gasteiger partial charge in [-0.1, -0.05) is 29.8 Å². The van der Waals surface area contributed by atoms with Crippen LogP contribution in [0.3, 0.4) is 0 Å². The Hall–Kier alpha value is -3.37. The molecule has 1 N–H and O–H groups in total. The third-order valence-electron chi connectivity index (χ3n) is 4.73. The lowest BCUT2D eigenvalue weighted by atomic mass is 10.2. The maximum Gasteiger partial charge on any atom is 0.229 e. The normalized spacial score (nSPS) is 14.6. The van der Waals surface area contributed by atoms with Crippen LogP contribution in [-0.4, -0.2) is 57.0 Å². The van der Waals surface area contributed by atoms with Crippen LogP contribution >= 0.6 is 11.3 Å². The van der Waals surface area contributed by atoms with Gasteiger partial charge in [0.25, 0.3) is 0 Å². The van der Waals surface area contributed by atoms with Crippen molar-refractivity contribution in [2.45, 2.75) is 6.92 Å². The molecule has 4 heterocycles. The lowest BCUT2D eigenvalue weighted by Gasteiger charge is -2.26. The van der Waals surface area contributed by atoms with Crippen molar-refractivity contribution in [1.29, 1.82) is 0 Å². The second-order valence-electron chi connectivity index (χ2n) is 6.86. The lowest BCUT2D eigenvalue weighted by molar-refractivity contribution is 0.122. The van der Waals surface area contributed by atoms with Crippen molar-refractivity contribution < 1.29 is 4.74 Å². The Kier molecular flexibility index (Phi) is 5.08. The number of nitrogens with one attached hydrogen (secondary N) is 1. The summed E-state index contributed by atoms with van der Waals surface area (Å²) in [6, 6.07) is 8.13. The molecule has 0 amide bonds. The minimum atomic E-state index is 0.556. The Bertz CT molecular complexity index is 1180. The molecule has 10 heteroatoms. The van der Waals surface area contributed by atoms with E-state index in [-0.39, 0.29) is 0 Å². The summed E-state index contributed by atoms with van der Waals surface area (Å²) < 4.78 is 7.34. The van der Waals surface area contributed by atoms with Gasteiger partial charge in [0.1, 0.15) is 6.33 Å². The molecule has 0 aliphatic carbocycles. The number of aromatic nitrogens is 5. The number of benzene rings is 1. The van der Waals surface area contributed by atoms with E-state index >= 15 is 0 Å². The van der Waals surface area contributed by atoms with E-state index < -0.39 is 0 Å². The fourth-order valence-corrected chi connectivity index (χ4v) is 3.88. The molecule has 152 valence electrons. The van der Waals surface area contributed by atoms with E-state index in [9.17, 15) is 0 Å². The third-order valence-corrected chi connectivity index (χ3v) is 5.50. The van der Waals surface area contributed by atoms with Crippen LogP contribution in [-0.2, 0) is 4.74 Å². The van der Waals surface area contributed by atoms with E-state index in [1.54, 1.807) is 18.7 Å². The third kappa shape index (κ3) is 3.74.